The molecule has 0 bridgehead atoms. The number of terminal acetylenes is 1. The normalized spacial score (nSPS) is 14.8. The van der Waals surface area contributed by atoms with Gasteiger partial charge in [-0.05, 0) is 49.6 Å². The number of sulfone groups is 1. The molecule has 1 fully saturated rings. The Morgan fingerprint density at radius 3 is 2.59 bits per heavy atom. The Kier molecular flexibility index (Phi) is 6.54. The molecular weight excluding hydrogens is 476 g/mol. The van der Waals surface area contributed by atoms with E-state index in [1.54, 1.807) is 22.8 Å². The summed E-state index contributed by atoms with van der Waals surface area (Å²) < 4.78 is 26.1. The van der Waals surface area contributed by atoms with E-state index in [9.17, 15) is 23.3 Å². The number of benzene rings is 2. The molecule has 11 heteroatoms. The summed E-state index contributed by atoms with van der Waals surface area (Å²) in [6, 6.07) is 9.03. The molecule has 9 nitrogen and oxygen atoms in total. The van der Waals surface area contributed by atoms with Crippen LogP contribution in [0, 0.1) is 22.5 Å². The van der Waals surface area contributed by atoms with Crippen molar-refractivity contribution in [2.24, 2.45) is 4.99 Å². The van der Waals surface area contributed by atoms with Gasteiger partial charge in [-0.2, -0.15) is 4.99 Å². The Morgan fingerprint density at radius 1 is 1.21 bits per heavy atom. The summed E-state index contributed by atoms with van der Waals surface area (Å²) in [7, 11) is -3.41. The summed E-state index contributed by atoms with van der Waals surface area (Å²) in [5, 5.41) is 11.7. The van der Waals surface area contributed by atoms with Gasteiger partial charge in [-0.1, -0.05) is 17.3 Å². The van der Waals surface area contributed by atoms with E-state index in [2.05, 4.69) is 10.9 Å². The van der Waals surface area contributed by atoms with Gasteiger partial charge in [-0.3, -0.25) is 14.9 Å². The highest BCUT2D eigenvalue weighted by Crippen LogP contribution is 2.31. The molecule has 1 aliphatic rings. The van der Waals surface area contributed by atoms with Crippen molar-refractivity contribution in [3.8, 4) is 12.3 Å². The lowest BCUT2D eigenvalue weighted by molar-refractivity contribution is -0.384. The average Bonchev–Trinajstić information content (AvgIpc) is 3.15. The van der Waals surface area contributed by atoms with Gasteiger partial charge in [0.25, 0.3) is 11.6 Å². The standard InChI is InChI=1S/C23H22N4O5S2/c1-3-11-26-19-10-8-17(34(2,31)32)15-21(19)33-23(26)24-22(28)16-7-9-18(20(14-16)27(29)30)25-12-5-4-6-13-25/h1,7-10,14-15H,4-6,11-13H2,2H3. The van der Waals surface area contributed by atoms with Crippen molar-refractivity contribution in [3.05, 3.63) is 56.9 Å². The zero-order valence-corrected chi connectivity index (χ0v) is 20.1. The minimum atomic E-state index is -3.41. The highest BCUT2D eigenvalue weighted by molar-refractivity contribution is 7.90. The van der Waals surface area contributed by atoms with E-state index in [0.717, 1.165) is 49.9 Å². The monoisotopic (exact) mass is 498 g/mol. The Morgan fingerprint density at radius 2 is 1.94 bits per heavy atom. The van der Waals surface area contributed by atoms with Crippen LogP contribution in [0.5, 0.6) is 0 Å². The molecule has 1 saturated heterocycles. The molecule has 176 valence electrons. The van der Waals surface area contributed by atoms with E-state index >= 15 is 0 Å². The van der Waals surface area contributed by atoms with Crippen molar-refractivity contribution < 1.29 is 18.1 Å². The molecule has 2 heterocycles. The number of aromatic nitrogens is 1. The van der Waals surface area contributed by atoms with Crippen LogP contribution in [0.2, 0.25) is 0 Å². The number of nitrogens with zero attached hydrogens (tertiary/aromatic N) is 4. The molecule has 0 atom stereocenters. The minimum absolute atomic E-state index is 0.0917. The Balaban J connectivity index is 1.78. The van der Waals surface area contributed by atoms with E-state index in [1.165, 1.54) is 18.2 Å². The molecule has 4 rings (SSSR count). The summed E-state index contributed by atoms with van der Waals surface area (Å²) in [6.45, 7) is 1.60. The lowest BCUT2D eigenvalue weighted by atomic mass is 10.1. The quantitative estimate of drug-likeness (QED) is 0.303. The molecular formula is C23H22N4O5S2. The predicted octanol–water partition coefficient (Wildman–Crippen LogP) is 3.38. The number of nitro groups is 1. The highest BCUT2D eigenvalue weighted by Gasteiger charge is 2.23. The summed E-state index contributed by atoms with van der Waals surface area (Å²) in [5.74, 6) is 1.87. The largest absolute Gasteiger partial charge is 0.366 e. The number of carbonyl (C=O) groups is 1. The van der Waals surface area contributed by atoms with Crippen molar-refractivity contribution in [3.63, 3.8) is 0 Å². The maximum absolute atomic E-state index is 13.0. The van der Waals surface area contributed by atoms with Gasteiger partial charge in [-0.25, -0.2) is 8.42 Å². The van der Waals surface area contributed by atoms with Crippen molar-refractivity contribution in [1.29, 1.82) is 0 Å². The maximum Gasteiger partial charge on any atom is 0.293 e. The third-order valence-corrected chi connectivity index (χ3v) is 7.80. The van der Waals surface area contributed by atoms with E-state index in [1.807, 2.05) is 4.90 Å². The number of anilines is 1. The summed E-state index contributed by atoms with van der Waals surface area (Å²) in [5.41, 5.74) is 1.11. The van der Waals surface area contributed by atoms with Gasteiger partial charge in [0.1, 0.15) is 5.69 Å². The maximum atomic E-state index is 13.0. The zero-order valence-electron chi connectivity index (χ0n) is 18.4. The van der Waals surface area contributed by atoms with E-state index < -0.39 is 20.7 Å². The second-order valence-electron chi connectivity index (χ2n) is 8.00. The number of rotatable bonds is 5. The summed E-state index contributed by atoms with van der Waals surface area (Å²) >= 11 is 1.13. The molecule has 3 aromatic rings. The second-order valence-corrected chi connectivity index (χ2v) is 11.0. The summed E-state index contributed by atoms with van der Waals surface area (Å²) in [6.07, 6.45) is 9.64. The number of carbonyl (C=O) groups excluding carboxylic acids is 1. The van der Waals surface area contributed by atoms with Crippen molar-refractivity contribution >= 4 is 48.7 Å². The fourth-order valence-electron chi connectivity index (χ4n) is 3.97. The summed E-state index contributed by atoms with van der Waals surface area (Å²) in [4.78, 5) is 30.8. The molecule has 1 amide bonds. The van der Waals surface area contributed by atoms with Crippen LogP contribution >= 0.6 is 11.3 Å². The van der Waals surface area contributed by atoms with Gasteiger partial charge in [-0.15, -0.1) is 6.42 Å². The first kappa shape index (κ1) is 23.7. The number of thiazole rings is 1. The molecule has 0 aliphatic carbocycles. The van der Waals surface area contributed by atoms with Gasteiger partial charge in [0, 0.05) is 31.0 Å². The lowest BCUT2D eigenvalue weighted by Gasteiger charge is -2.28. The van der Waals surface area contributed by atoms with Crippen LogP contribution in [0.15, 0.2) is 46.3 Å². The predicted molar refractivity (Wildman–Crippen MR) is 131 cm³/mol. The topological polar surface area (TPSA) is 115 Å². The third kappa shape index (κ3) is 4.73. The molecule has 1 aromatic heterocycles. The van der Waals surface area contributed by atoms with Gasteiger partial charge in [0.15, 0.2) is 14.6 Å². The molecule has 0 spiro atoms. The Bertz CT molecular complexity index is 1510. The first-order valence-electron chi connectivity index (χ1n) is 10.6. The Labute approximate surface area is 200 Å². The van der Waals surface area contributed by atoms with Crippen LogP contribution in [-0.4, -0.2) is 43.2 Å². The highest BCUT2D eigenvalue weighted by atomic mass is 32.2. The van der Waals surface area contributed by atoms with E-state index in [0.29, 0.717) is 15.9 Å². The van der Waals surface area contributed by atoms with Crippen molar-refractivity contribution in [1.82, 2.24) is 4.57 Å². The van der Waals surface area contributed by atoms with Gasteiger partial charge in [0.2, 0.25) is 0 Å². The Hall–Kier alpha value is -3.49. The molecule has 2 aromatic carbocycles. The fourth-order valence-corrected chi connectivity index (χ4v) is 5.76. The van der Waals surface area contributed by atoms with Gasteiger partial charge < -0.3 is 9.47 Å². The van der Waals surface area contributed by atoms with Crippen LogP contribution in [0.25, 0.3) is 10.2 Å². The minimum Gasteiger partial charge on any atom is -0.366 e. The SMILES string of the molecule is C#CCn1c(=NC(=O)c2ccc(N3CCCCC3)c([N+](=O)[O-])c2)sc2cc(S(C)(=O)=O)ccc21. The lowest BCUT2D eigenvalue weighted by Crippen LogP contribution is -2.30. The van der Waals surface area contributed by atoms with Crippen LogP contribution in [0.1, 0.15) is 29.6 Å². The van der Waals surface area contributed by atoms with E-state index in [4.69, 9.17) is 6.42 Å². The molecule has 0 saturated carbocycles. The van der Waals surface area contributed by atoms with Crippen LogP contribution < -0.4 is 9.70 Å². The number of hydrogen-bond acceptors (Lipinski definition) is 7. The number of amides is 1. The number of hydrogen-bond donors (Lipinski definition) is 0. The van der Waals surface area contributed by atoms with E-state index in [-0.39, 0.29) is 27.5 Å². The van der Waals surface area contributed by atoms with Gasteiger partial charge >= 0.3 is 0 Å². The first-order chi connectivity index (χ1) is 16.2. The van der Waals surface area contributed by atoms with Gasteiger partial charge in [0.05, 0.1) is 26.6 Å². The fraction of sp³-hybridized carbons (Fsp3) is 0.304. The van der Waals surface area contributed by atoms with Crippen molar-refractivity contribution in [2.75, 3.05) is 24.2 Å². The number of nitro benzene ring substituents is 1. The zero-order chi connectivity index (χ0) is 24.5. The molecule has 1 aliphatic heterocycles. The molecule has 0 unspecified atom stereocenters. The third-order valence-electron chi connectivity index (χ3n) is 5.64. The molecule has 34 heavy (non-hydrogen) atoms. The second kappa shape index (κ2) is 9.40. The average molecular weight is 499 g/mol. The smallest absolute Gasteiger partial charge is 0.293 e. The van der Waals surface area contributed by atoms with Crippen LogP contribution in [0.4, 0.5) is 11.4 Å². The first-order valence-corrected chi connectivity index (χ1v) is 13.3. The van der Waals surface area contributed by atoms with Crippen LogP contribution in [-0.2, 0) is 16.4 Å². The number of fused-ring (bicyclic) bond motifs is 1. The number of piperidine rings is 1. The van der Waals surface area contributed by atoms with Crippen LogP contribution in [0.3, 0.4) is 0 Å². The molecule has 0 N–H and O–H groups in total. The van der Waals surface area contributed by atoms with Crippen molar-refractivity contribution in [2.45, 2.75) is 30.7 Å². The molecule has 0 radical (unpaired) electrons.